The number of primary sulfonamides is 1. The van der Waals surface area contributed by atoms with Gasteiger partial charge in [-0.2, -0.15) is 0 Å². The quantitative estimate of drug-likeness (QED) is 0.867. The first-order valence-corrected chi connectivity index (χ1v) is 10.9. The fourth-order valence-corrected chi connectivity index (χ4v) is 5.29. The van der Waals surface area contributed by atoms with Crippen LogP contribution in [0.15, 0.2) is 46.2 Å². The first-order chi connectivity index (χ1) is 12.3. The first-order valence-electron chi connectivity index (χ1n) is 9.35. The van der Waals surface area contributed by atoms with Gasteiger partial charge in [-0.3, -0.25) is 0 Å². The standard InChI is InChI=1S/C20H26N2O3S/c1-20(2)18(14-7-9-15(10-8-14)26(21,23)24)19(20)16-11-12-17(25-22-16)13-5-3-4-6-13/h7-10,12-13,18-19H,3-6,11H2,1-2H3,(H2,21,23,24). The average Bonchev–Trinajstić information content (AvgIpc) is 2.97. The lowest BCUT2D eigenvalue weighted by atomic mass is 10.0. The summed E-state index contributed by atoms with van der Waals surface area (Å²) in [4.78, 5) is 5.92. The summed E-state index contributed by atoms with van der Waals surface area (Å²) in [5.74, 6) is 2.25. The van der Waals surface area contributed by atoms with E-state index in [0.29, 0.717) is 17.8 Å². The summed E-state index contributed by atoms with van der Waals surface area (Å²) in [5.41, 5.74) is 2.31. The maximum Gasteiger partial charge on any atom is 0.238 e. The molecule has 0 bridgehead atoms. The van der Waals surface area contributed by atoms with Gasteiger partial charge in [0.05, 0.1) is 10.6 Å². The molecule has 0 aromatic heterocycles. The molecule has 26 heavy (non-hydrogen) atoms. The number of nitrogens with two attached hydrogens (primary N) is 1. The van der Waals surface area contributed by atoms with Crippen molar-refractivity contribution in [2.24, 2.45) is 27.5 Å². The van der Waals surface area contributed by atoms with E-state index >= 15 is 0 Å². The van der Waals surface area contributed by atoms with Crippen molar-refractivity contribution in [1.82, 2.24) is 0 Å². The zero-order valence-electron chi connectivity index (χ0n) is 15.3. The normalized spacial score (nSPS) is 28.3. The molecule has 0 amide bonds. The Morgan fingerprint density at radius 2 is 1.77 bits per heavy atom. The second-order valence-corrected chi connectivity index (χ2v) is 9.92. The van der Waals surface area contributed by atoms with Crippen molar-refractivity contribution in [2.45, 2.75) is 56.8 Å². The lowest BCUT2D eigenvalue weighted by Gasteiger charge is -2.17. The molecule has 0 spiro atoms. The Balaban J connectivity index is 1.48. The maximum absolute atomic E-state index is 11.4. The van der Waals surface area contributed by atoms with Crippen LogP contribution in [0.3, 0.4) is 0 Å². The fraction of sp³-hybridized carbons (Fsp3) is 0.550. The summed E-state index contributed by atoms with van der Waals surface area (Å²) in [6.45, 7) is 4.46. The highest BCUT2D eigenvalue weighted by atomic mass is 32.2. The number of hydrogen-bond acceptors (Lipinski definition) is 4. The minimum Gasteiger partial charge on any atom is -0.362 e. The Bertz CT molecular complexity index is 863. The number of benzene rings is 1. The van der Waals surface area contributed by atoms with Gasteiger partial charge in [0.2, 0.25) is 10.0 Å². The van der Waals surface area contributed by atoms with Crippen LogP contribution in [0, 0.1) is 17.3 Å². The smallest absolute Gasteiger partial charge is 0.238 e. The van der Waals surface area contributed by atoms with Gasteiger partial charge in [0.1, 0.15) is 5.76 Å². The summed E-state index contributed by atoms with van der Waals surface area (Å²) in [6, 6.07) is 6.92. The predicted octanol–water partition coefficient (Wildman–Crippen LogP) is 3.92. The van der Waals surface area contributed by atoms with Gasteiger partial charge in [0.25, 0.3) is 0 Å². The molecule has 0 radical (unpaired) electrons. The van der Waals surface area contributed by atoms with Crippen molar-refractivity contribution < 1.29 is 13.3 Å². The molecular weight excluding hydrogens is 348 g/mol. The monoisotopic (exact) mass is 374 g/mol. The highest BCUT2D eigenvalue weighted by Crippen LogP contribution is 2.65. The third-order valence-electron chi connectivity index (χ3n) is 6.29. The van der Waals surface area contributed by atoms with Crippen molar-refractivity contribution in [3.05, 3.63) is 41.7 Å². The van der Waals surface area contributed by atoms with E-state index < -0.39 is 10.0 Å². The molecule has 0 saturated heterocycles. The highest BCUT2D eigenvalue weighted by Gasteiger charge is 2.60. The van der Waals surface area contributed by atoms with Crippen molar-refractivity contribution in [3.8, 4) is 0 Å². The summed E-state index contributed by atoms with van der Waals surface area (Å²) < 4.78 is 22.9. The Morgan fingerprint density at radius 1 is 1.12 bits per heavy atom. The van der Waals surface area contributed by atoms with Gasteiger partial charge in [0.15, 0.2) is 0 Å². The highest BCUT2D eigenvalue weighted by molar-refractivity contribution is 7.89. The zero-order valence-corrected chi connectivity index (χ0v) is 16.1. The van der Waals surface area contributed by atoms with E-state index in [9.17, 15) is 8.42 Å². The van der Waals surface area contributed by atoms with Gasteiger partial charge in [-0.25, -0.2) is 13.6 Å². The molecule has 2 fully saturated rings. The Labute approximate surface area is 155 Å². The van der Waals surface area contributed by atoms with Crippen molar-refractivity contribution in [3.63, 3.8) is 0 Å². The van der Waals surface area contributed by atoms with Crippen molar-refractivity contribution in [2.75, 3.05) is 0 Å². The molecule has 140 valence electrons. The Hall–Kier alpha value is -1.66. The van der Waals surface area contributed by atoms with E-state index in [-0.39, 0.29) is 10.3 Å². The first kappa shape index (κ1) is 17.7. The van der Waals surface area contributed by atoms with Crippen LogP contribution in [0.5, 0.6) is 0 Å². The summed E-state index contributed by atoms with van der Waals surface area (Å²) in [7, 11) is -3.65. The predicted molar refractivity (Wildman–Crippen MR) is 101 cm³/mol. The molecule has 2 N–H and O–H groups in total. The summed E-state index contributed by atoms with van der Waals surface area (Å²) >= 11 is 0. The molecule has 2 aliphatic carbocycles. The number of nitrogens with zero attached hydrogens (tertiary/aromatic N) is 1. The molecule has 1 heterocycles. The van der Waals surface area contributed by atoms with Gasteiger partial charge in [-0.15, -0.1) is 0 Å². The van der Waals surface area contributed by atoms with Crippen LogP contribution < -0.4 is 5.14 Å². The summed E-state index contributed by atoms with van der Waals surface area (Å²) in [5, 5.41) is 9.67. The Morgan fingerprint density at radius 3 is 2.31 bits per heavy atom. The van der Waals surface area contributed by atoms with E-state index in [1.807, 2.05) is 12.1 Å². The largest absolute Gasteiger partial charge is 0.362 e. The van der Waals surface area contributed by atoms with Crippen LogP contribution in [0.1, 0.15) is 57.4 Å². The molecule has 1 aliphatic heterocycles. The second kappa shape index (κ2) is 6.20. The molecule has 1 aromatic rings. The molecule has 3 aliphatic rings. The van der Waals surface area contributed by atoms with Crippen LogP contribution in [-0.4, -0.2) is 14.1 Å². The number of sulfonamides is 1. The van der Waals surface area contributed by atoms with Crippen molar-refractivity contribution >= 4 is 15.7 Å². The van der Waals surface area contributed by atoms with E-state index in [2.05, 4.69) is 25.1 Å². The fourth-order valence-electron chi connectivity index (χ4n) is 4.77. The maximum atomic E-state index is 11.4. The molecule has 6 heteroatoms. The Kier molecular flexibility index (Phi) is 4.23. The van der Waals surface area contributed by atoms with Gasteiger partial charge in [-0.1, -0.05) is 44.0 Å². The number of hydrogen-bond donors (Lipinski definition) is 1. The third-order valence-corrected chi connectivity index (χ3v) is 7.22. The molecule has 1 aromatic carbocycles. The topological polar surface area (TPSA) is 81.8 Å². The number of rotatable bonds is 4. The van der Waals surface area contributed by atoms with E-state index in [1.165, 1.54) is 25.7 Å². The van der Waals surface area contributed by atoms with Crippen LogP contribution in [0.4, 0.5) is 0 Å². The minimum atomic E-state index is -3.65. The van der Waals surface area contributed by atoms with Crippen LogP contribution in [0.2, 0.25) is 0 Å². The van der Waals surface area contributed by atoms with Crippen molar-refractivity contribution in [1.29, 1.82) is 0 Å². The van der Waals surface area contributed by atoms with Crippen LogP contribution in [0.25, 0.3) is 0 Å². The second-order valence-electron chi connectivity index (χ2n) is 8.36. The molecule has 2 atom stereocenters. The van der Waals surface area contributed by atoms with E-state index in [1.54, 1.807) is 12.1 Å². The lowest BCUT2D eigenvalue weighted by Crippen LogP contribution is -2.13. The van der Waals surface area contributed by atoms with Crippen LogP contribution >= 0.6 is 0 Å². The SMILES string of the molecule is CC1(C)C(C2=NOC(C3CCCC3)=CC2)C1c1ccc(S(N)(=O)=O)cc1. The van der Waals surface area contributed by atoms with Gasteiger partial charge in [0, 0.05) is 18.3 Å². The van der Waals surface area contributed by atoms with Gasteiger partial charge in [-0.05, 0) is 47.9 Å². The molecule has 5 nitrogen and oxygen atoms in total. The van der Waals surface area contributed by atoms with Gasteiger partial charge < -0.3 is 4.84 Å². The zero-order chi connectivity index (χ0) is 18.5. The molecule has 4 rings (SSSR count). The summed E-state index contributed by atoms with van der Waals surface area (Å²) in [6.07, 6.45) is 8.07. The number of oxime groups is 1. The molecule has 2 saturated carbocycles. The average molecular weight is 375 g/mol. The van der Waals surface area contributed by atoms with E-state index in [0.717, 1.165) is 23.5 Å². The lowest BCUT2D eigenvalue weighted by molar-refractivity contribution is 0.181. The number of allylic oxidation sites excluding steroid dienone is 2. The van der Waals surface area contributed by atoms with Gasteiger partial charge >= 0.3 is 0 Å². The van der Waals surface area contributed by atoms with Crippen LogP contribution in [-0.2, 0) is 14.9 Å². The minimum absolute atomic E-state index is 0.0873. The van der Waals surface area contributed by atoms with E-state index in [4.69, 9.17) is 9.98 Å². The molecule has 2 unspecified atom stereocenters. The third kappa shape index (κ3) is 3.09. The molecular formula is C20H26N2O3S.